The predicted octanol–water partition coefficient (Wildman–Crippen LogP) is 3.99. The van der Waals surface area contributed by atoms with Crippen LogP contribution in [0.15, 0.2) is 47.5 Å². The number of anilines is 1. The van der Waals surface area contributed by atoms with E-state index in [9.17, 15) is 9.18 Å². The number of hydrogen-bond acceptors (Lipinski definition) is 4. The molecule has 0 saturated heterocycles. The molecule has 3 heterocycles. The highest BCUT2D eigenvalue weighted by Gasteiger charge is 2.19. The Labute approximate surface area is 155 Å². The average molecular weight is 380 g/mol. The molecule has 8 heteroatoms. The first kappa shape index (κ1) is 15.8. The van der Waals surface area contributed by atoms with Crippen LogP contribution in [0.1, 0.15) is 0 Å². The third kappa shape index (κ3) is 2.15. The molecule has 0 radical (unpaired) electrons. The number of nitrogens with two attached hydrogens (primary N) is 1. The van der Waals surface area contributed by atoms with Crippen LogP contribution in [0, 0.1) is 5.82 Å². The zero-order valence-corrected chi connectivity index (χ0v) is 14.4. The maximum Gasteiger partial charge on any atom is 0.272 e. The number of halogens is 2. The maximum absolute atomic E-state index is 14.1. The van der Waals surface area contributed by atoms with Gasteiger partial charge in [0.1, 0.15) is 17.0 Å². The number of benzene rings is 2. The number of fused-ring (bicyclic) bond motifs is 4. The number of H-pyrrole nitrogens is 2. The summed E-state index contributed by atoms with van der Waals surface area (Å²) in [6.45, 7) is 0. The lowest BCUT2D eigenvalue weighted by molar-refractivity contribution is 0.636. The van der Waals surface area contributed by atoms with E-state index in [1.54, 1.807) is 24.4 Å². The summed E-state index contributed by atoms with van der Waals surface area (Å²) in [6, 6.07) is 8.19. The molecule has 132 valence electrons. The number of aromatic nitrogens is 4. The highest BCUT2D eigenvalue weighted by Crippen LogP contribution is 2.39. The fraction of sp³-hybridized carbons (Fsp3) is 0. The van der Waals surface area contributed by atoms with E-state index < -0.39 is 11.4 Å². The van der Waals surface area contributed by atoms with Gasteiger partial charge in [0.25, 0.3) is 5.56 Å². The van der Waals surface area contributed by atoms with Crippen molar-refractivity contribution < 1.29 is 4.39 Å². The lowest BCUT2D eigenvalue weighted by Gasteiger charge is -2.13. The lowest BCUT2D eigenvalue weighted by Crippen LogP contribution is -2.14. The van der Waals surface area contributed by atoms with Crippen LogP contribution in [0.3, 0.4) is 0 Å². The highest BCUT2D eigenvalue weighted by atomic mass is 35.5. The van der Waals surface area contributed by atoms with Crippen molar-refractivity contribution in [1.82, 2.24) is 20.2 Å². The van der Waals surface area contributed by atoms with Crippen molar-refractivity contribution >= 4 is 50.0 Å². The van der Waals surface area contributed by atoms with Gasteiger partial charge in [0.05, 0.1) is 22.3 Å². The van der Waals surface area contributed by atoms with Gasteiger partial charge in [-0.1, -0.05) is 17.7 Å². The van der Waals surface area contributed by atoms with Gasteiger partial charge in [-0.05, 0) is 29.8 Å². The molecule has 0 amide bonds. The quantitative estimate of drug-likeness (QED) is 0.383. The van der Waals surface area contributed by atoms with Gasteiger partial charge in [0.15, 0.2) is 0 Å². The Balaban J connectivity index is 2.03. The van der Waals surface area contributed by atoms with Gasteiger partial charge in [-0.25, -0.2) is 4.39 Å². The molecule has 6 nitrogen and oxygen atoms in total. The summed E-state index contributed by atoms with van der Waals surface area (Å²) in [4.78, 5) is 19.7. The summed E-state index contributed by atoms with van der Waals surface area (Å²) in [5, 5.41) is 8.85. The molecule has 5 rings (SSSR count). The number of pyridine rings is 2. The standard InChI is InChI=1S/C19H11ClFN5O/c20-12-6-10-14(8-3-4-13(21)18-11(8)7-24-26-18)15(22)19(27)25-16(10)9-2-1-5-23-17(9)12/h1-7H,22H2,(H,24,26)(H,25,27). The van der Waals surface area contributed by atoms with Crippen LogP contribution >= 0.6 is 11.6 Å². The van der Waals surface area contributed by atoms with Crippen molar-refractivity contribution in [2.75, 3.05) is 5.73 Å². The molecule has 0 bridgehead atoms. The third-order valence-electron chi connectivity index (χ3n) is 4.70. The Kier molecular flexibility index (Phi) is 3.23. The Bertz CT molecular complexity index is 1440. The summed E-state index contributed by atoms with van der Waals surface area (Å²) >= 11 is 6.44. The minimum atomic E-state index is -0.439. The summed E-state index contributed by atoms with van der Waals surface area (Å²) in [7, 11) is 0. The molecule has 3 aromatic heterocycles. The molecule has 4 N–H and O–H groups in total. The van der Waals surface area contributed by atoms with Crippen LogP contribution in [0.25, 0.3) is 43.8 Å². The first-order valence-electron chi connectivity index (χ1n) is 8.07. The SMILES string of the molecule is Nc1c(-c2ccc(F)c3[nH]ncc23)c2cc(Cl)c3ncccc3c2[nH]c1=O. The molecule has 0 spiro atoms. The lowest BCUT2D eigenvalue weighted by atomic mass is 9.95. The van der Waals surface area contributed by atoms with E-state index in [-0.39, 0.29) is 11.2 Å². The summed E-state index contributed by atoms with van der Waals surface area (Å²) in [5.74, 6) is -0.438. The summed E-state index contributed by atoms with van der Waals surface area (Å²) < 4.78 is 14.1. The minimum absolute atomic E-state index is 0.0240. The van der Waals surface area contributed by atoms with Crippen LogP contribution in [-0.2, 0) is 0 Å². The number of nitrogens with zero attached hydrogens (tertiary/aromatic N) is 2. The average Bonchev–Trinajstić information content (AvgIpc) is 3.16. The molecular formula is C19H11ClFN5O. The van der Waals surface area contributed by atoms with E-state index in [0.29, 0.717) is 43.3 Å². The zero-order valence-electron chi connectivity index (χ0n) is 13.7. The first-order chi connectivity index (χ1) is 13.1. The van der Waals surface area contributed by atoms with Gasteiger partial charge >= 0.3 is 0 Å². The topological polar surface area (TPSA) is 100 Å². The molecule has 0 aliphatic rings. The molecule has 0 aliphatic heterocycles. The minimum Gasteiger partial charge on any atom is -0.394 e. The van der Waals surface area contributed by atoms with Crippen LogP contribution in [0.2, 0.25) is 5.02 Å². The Morgan fingerprint density at radius 3 is 2.81 bits per heavy atom. The first-order valence-corrected chi connectivity index (χ1v) is 8.44. The number of nitrogen functional groups attached to an aromatic ring is 1. The number of aromatic amines is 2. The molecule has 5 aromatic rings. The van der Waals surface area contributed by atoms with Crippen molar-refractivity contribution in [2.24, 2.45) is 0 Å². The Hall–Kier alpha value is -3.45. The molecule has 2 aromatic carbocycles. The van der Waals surface area contributed by atoms with Crippen molar-refractivity contribution in [2.45, 2.75) is 0 Å². The van der Waals surface area contributed by atoms with E-state index in [1.165, 1.54) is 12.3 Å². The Morgan fingerprint density at radius 2 is 1.96 bits per heavy atom. The van der Waals surface area contributed by atoms with Gasteiger partial charge in [0, 0.05) is 27.9 Å². The summed E-state index contributed by atoms with van der Waals surface area (Å²) in [6.07, 6.45) is 3.13. The molecule has 0 saturated carbocycles. The van der Waals surface area contributed by atoms with E-state index in [2.05, 4.69) is 20.2 Å². The highest BCUT2D eigenvalue weighted by molar-refractivity contribution is 6.37. The normalized spacial score (nSPS) is 11.6. The molecule has 0 aliphatic carbocycles. The summed E-state index contributed by atoms with van der Waals surface area (Å²) in [5.41, 5.74) is 8.19. The number of nitrogens with one attached hydrogen (secondary N) is 2. The van der Waals surface area contributed by atoms with Crippen LogP contribution in [-0.4, -0.2) is 20.2 Å². The van der Waals surface area contributed by atoms with E-state index in [0.717, 1.165) is 0 Å². The third-order valence-corrected chi connectivity index (χ3v) is 4.99. The number of hydrogen-bond donors (Lipinski definition) is 3. The van der Waals surface area contributed by atoms with Crippen molar-refractivity contribution in [3.8, 4) is 11.1 Å². The van der Waals surface area contributed by atoms with Gasteiger partial charge in [0.2, 0.25) is 0 Å². The van der Waals surface area contributed by atoms with E-state index >= 15 is 0 Å². The van der Waals surface area contributed by atoms with Crippen molar-refractivity contribution in [3.63, 3.8) is 0 Å². The van der Waals surface area contributed by atoms with Crippen LogP contribution in [0.5, 0.6) is 0 Å². The van der Waals surface area contributed by atoms with Gasteiger partial charge in [-0.15, -0.1) is 0 Å². The maximum atomic E-state index is 14.1. The monoisotopic (exact) mass is 379 g/mol. The number of rotatable bonds is 1. The molecule has 0 fully saturated rings. The second-order valence-electron chi connectivity index (χ2n) is 6.18. The fourth-order valence-corrected chi connectivity index (χ4v) is 3.75. The second-order valence-corrected chi connectivity index (χ2v) is 6.58. The Morgan fingerprint density at radius 1 is 1.11 bits per heavy atom. The fourth-order valence-electron chi connectivity index (χ4n) is 3.49. The van der Waals surface area contributed by atoms with E-state index in [1.807, 2.05) is 6.07 Å². The molecule has 27 heavy (non-hydrogen) atoms. The van der Waals surface area contributed by atoms with Crippen LogP contribution in [0.4, 0.5) is 10.1 Å². The van der Waals surface area contributed by atoms with Crippen molar-refractivity contribution in [3.05, 3.63) is 63.9 Å². The van der Waals surface area contributed by atoms with Gasteiger partial charge in [-0.3, -0.25) is 14.9 Å². The van der Waals surface area contributed by atoms with Crippen LogP contribution < -0.4 is 11.3 Å². The van der Waals surface area contributed by atoms with Gasteiger partial charge < -0.3 is 10.7 Å². The molecular weight excluding hydrogens is 369 g/mol. The van der Waals surface area contributed by atoms with Gasteiger partial charge in [-0.2, -0.15) is 5.10 Å². The largest absolute Gasteiger partial charge is 0.394 e. The molecule has 0 atom stereocenters. The van der Waals surface area contributed by atoms with E-state index in [4.69, 9.17) is 17.3 Å². The molecule has 0 unspecified atom stereocenters. The van der Waals surface area contributed by atoms with Crippen molar-refractivity contribution in [1.29, 1.82) is 0 Å². The second kappa shape index (κ2) is 5.52. The predicted molar refractivity (Wildman–Crippen MR) is 104 cm³/mol. The zero-order chi connectivity index (χ0) is 18.7. The smallest absolute Gasteiger partial charge is 0.272 e.